The fourth-order valence-corrected chi connectivity index (χ4v) is 2.16. The maximum Gasteiger partial charge on any atom is 0.255 e. The summed E-state index contributed by atoms with van der Waals surface area (Å²) in [5.74, 6) is 5.77. The SMILES string of the molecule is CC(O)CN(C)C(=O)c1cnc(NN)c2ccccc12. The predicted octanol–water partition coefficient (Wildman–Crippen LogP) is 0.973. The van der Waals surface area contributed by atoms with E-state index in [0.29, 0.717) is 11.4 Å². The third-order valence-electron chi connectivity index (χ3n) is 3.05. The van der Waals surface area contributed by atoms with Crippen molar-refractivity contribution in [3.63, 3.8) is 0 Å². The highest BCUT2D eigenvalue weighted by Gasteiger charge is 2.17. The molecular formula is C14H18N4O2. The van der Waals surface area contributed by atoms with Gasteiger partial charge in [0.1, 0.15) is 5.82 Å². The second-order valence-electron chi connectivity index (χ2n) is 4.75. The summed E-state index contributed by atoms with van der Waals surface area (Å²) >= 11 is 0. The smallest absolute Gasteiger partial charge is 0.255 e. The number of fused-ring (bicyclic) bond motifs is 1. The number of carbonyl (C=O) groups is 1. The van der Waals surface area contributed by atoms with Crippen molar-refractivity contribution in [2.45, 2.75) is 13.0 Å². The monoisotopic (exact) mass is 274 g/mol. The molecule has 1 unspecified atom stereocenters. The molecule has 0 aliphatic heterocycles. The van der Waals surface area contributed by atoms with Crippen LogP contribution in [-0.2, 0) is 0 Å². The van der Waals surface area contributed by atoms with Crippen molar-refractivity contribution in [1.82, 2.24) is 9.88 Å². The number of hydrogen-bond donors (Lipinski definition) is 3. The number of likely N-dealkylation sites (N-methyl/N-ethyl adjacent to an activating group) is 1. The Hall–Kier alpha value is -2.18. The van der Waals surface area contributed by atoms with E-state index in [-0.39, 0.29) is 12.5 Å². The van der Waals surface area contributed by atoms with Crippen LogP contribution in [0.1, 0.15) is 17.3 Å². The van der Waals surface area contributed by atoms with Gasteiger partial charge < -0.3 is 15.4 Å². The number of benzene rings is 1. The summed E-state index contributed by atoms with van der Waals surface area (Å²) in [5.41, 5.74) is 3.01. The zero-order chi connectivity index (χ0) is 14.7. The number of anilines is 1. The first-order chi connectivity index (χ1) is 9.54. The van der Waals surface area contributed by atoms with Gasteiger partial charge in [-0.3, -0.25) is 4.79 Å². The van der Waals surface area contributed by atoms with Gasteiger partial charge in [0.05, 0.1) is 11.7 Å². The molecule has 1 atom stereocenters. The van der Waals surface area contributed by atoms with E-state index in [1.807, 2.05) is 24.3 Å². The Bertz CT molecular complexity index is 628. The molecule has 1 heterocycles. The van der Waals surface area contributed by atoms with Gasteiger partial charge in [-0.25, -0.2) is 10.8 Å². The van der Waals surface area contributed by atoms with Crippen LogP contribution in [0.25, 0.3) is 10.8 Å². The highest BCUT2D eigenvalue weighted by molar-refractivity contribution is 6.09. The summed E-state index contributed by atoms with van der Waals surface area (Å²) in [6, 6.07) is 7.41. The Balaban J connectivity index is 2.47. The van der Waals surface area contributed by atoms with E-state index in [2.05, 4.69) is 10.4 Å². The van der Waals surface area contributed by atoms with Gasteiger partial charge in [-0.1, -0.05) is 24.3 Å². The lowest BCUT2D eigenvalue weighted by atomic mass is 10.1. The predicted molar refractivity (Wildman–Crippen MR) is 78.2 cm³/mol. The van der Waals surface area contributed by atoms with Gasteiger partial charge in [-0.2, -0.15) is 0 Å². The number of nitrogens with one attached hydrogen (secondary N) is 1. The van der Waals surface area contributed by atoms with Crippen LogP contribution in [0.3, 0.4) is 0 Å². The maximum absolute atomic E-state index is 12.4. The number of nitrogens with two attached hydrogens (primary N) is 1. The largest absolute Gasteiger partial charge is 0.392 e. The number of nitrogen functional groups attached to an aromatic ring is 1. The van der Waals surface area contributed by atoms with Crippen LogP contribution in [0.2, 0.25) is 0 Å². The van der Waals surface area contributed by atoms with E-state index in [4.69, 9.17) is 5.84 Å². The first-order valence-corrected chi connectivity index (χ1v) is 6.32. The molecule has 20 heavy (non-hydrogen) atoms. The highest BCUT2D eigenvalue weighted by Crippen LogP contribution is 2.24. The lowest BCUT2D eigenvalue weighted by Gasteiger charge is -2.20. The number of aromatic nitrogens is 1. The first kappa shape index (κ1) is 14.2. The molecule has 0 spiro atoms. The number of carbonyl (C=O) groups excluding carboxylic acids is 1. The molecule has 2 rings (SSSR count). The van der Waals surface area contributed by atoms with Gasteiger partial charge in [0.2, 0.25) is 0 Å². The van der Waals surface area contributed by atoms with Gasteiger partial charge in [-0.15, -0.1) is 0 Å². The van der Waals surface area contributed by atoms with Crippen LogP contribution < -0.4 is 11.3 Å². The van der Waals surface area contributed by atoms with E-state index in [1.165, 1.54) is 11.1 Å². The fourth-order valence-electron chi connectivity index (χ4n) is 2.16. The molecule has 2 aromatic rings. The van der Waals surface area contributed by atoms with E-state index in [1.54, 1.807) is 14.0 Å². The molecule has 6 heteroatoms. The third kappa shape index (κ3) is 2.71. The molecule has 0 bridgehead atoms. The maximum atomic E-state index is 12.4. The van der Waals surface area contributed by atoms with Crippen LogP contribution in [-0.4, -0.2) is 40.6 Å². The molecule has 0 saturated carbocycles. The number of aliphatic hydroxyl groups is 1. The highest BCUT2D eigenvalue weighted by atomic mass is 16.3. The summed E-state index contributed by atoms with van der Waals surface area (Å²) in [7, 11) is 1.65. The van der Waals surface area contributed by atoms with Crippen molar-refractivity contribution in [3.05, 3.63) is 36.0 Å². The molecule has 1 aromatic heterocycles. The van der Waals surface area contributed by atoms with Gasteiger partial charge in [0.15, 0.2) is 0 Å². The summed E-state index contributed by atoms with van der Waals surface area (Å²) in [4.78, 5) is 18.1. The van der Waals surface area contributed by atoms with Crippen LogP contribution >= 0.6 is 0 Å². The molecule has 0 aliphatic carbocycles. The van der Waals surface area contributed by atoms with Crippen LogP contribution in [0.15, 0.2) is 30.5 Å². The normalized spacial score (nSPS) is 12.2. The molecule has 0 saturated heterocycles. The van der Waals surface area contributed by atoms with Crippen molar-refractivity contribution in [2.75, 3.05) is 19.0 Å². The Labute approximate surface area is 117 Å². The molecule has 1 aromatic carbocycles. The number of nitrogens with zero attached hydrogens (tertiary/aromatic N) is 2. The molecule has 106 valence electrons. The van der Waals surface area contributed by atoms with Crippen LogP contribution in [0, 0.1) is 0 Å². The van der Waals surface area contributed by atoms with E-state index in [0.717, 1.165) is 10.8 Å². The summed E-state index contributed by atoms with van der Waals surface area (Å²) in [6.45, 7) is 1.91. The average molecular weight is 274 g/mol. The van der Waals surface area contributed by atoms with Crippen molar-refractivity contribution < 1.29 is 9.90 Å². The van der Waals surface area contributed by atoms with Gasteiger partial charge >= 0.3 is 0 Å². The minimum Gasteiger partial charge on any atom is -0.392 e. The van der Waals surface area contributed by atoms with E-state index in [9.17, 15) is 9.90 Å². The first-order valence-electron chi connectivity index (χ1n) is 6.32. The Morgan fingerprint density at radius 2 is 2.10 bits per heavy atom. The minimum atomic E-state index is -0.576. The Morgan fingerprint density at radius 3 is 2.70 bits per heavy atom. The summed E-state index contributed by atoms with van der Waals surface area (Å²) in [5, 5.41) is 10.9. The fraction of sp³-hybridized carbons (Fsp3) is 0.286. The molecule has 0 fully saturated rings. The molecule has 1 amide bonds. The van der Waals surface area contributed by atoms with E-state index >= 15 is 0 Å². The number of rotatable bonds is 4. The average Bonchev–Trinajstić information content (AvgIpc) is 2.44. The topological polar surface area (TPSA) is 91.5 Å². The molecule has 0 radical (unpaired) electrons. The number of hydrazine groups is 1. The van der Waals surface area contributed by atoms with Crippen LogP contribution in [0.4, 0.5) is 5.82 Å². The third-order valence-corrected chi connectivity index (χ3v) is 3.05. The molecule has 0 aliphatic rings. The second-order valence-corrected chi connectivity index (χ2v) is 4.75. The van der Waals surface area contributed by atoms with Gasteiger partial charge in [0, 0.05) is 25.2 Å². The zero-order valence-corrected chi connectivity index (χ0v) is 11.5. The number of aliphatic hydroxyl groups excluding tert-OH is 1. The summed E-state index contributed by atoms with van der Waals surface area (Å²) in [6.07, 6.45) is 0.923. The molecule has 4 N–H and O–H groups in total. The van der Waals surface area contributed by atoms with Gasteiger partial charge in [0.25, 0.3) is 5.91 Å². The standard InChI is InChI=1S/C14H18N4O2/c1-9(19)8-18(2)14(20)12-7-16-13(17-15)11-6-4-3-5-10(11)12/h3-7,9,19H,8,15H2,1-2H3,(H,16,17). The lowest BCUT2D eigenvalue weighted by Crippen LogP contribution is -2.33. The van der Waals surface area contributed by atoms with Crippen molar-refractivity contribution in [1.29, 1.82) is 0 Å². The van der Waals surface area contributed by atoms with Gasteiger partial charge in [-0.05, 0) is 12.3 Å². The molecule has 6 nitrogen and oxygen atoms in total. The summed E-state index contributed by atoms with van der Waals surface area (Å²) < 4.78 is 0. The number of pyridine rings is 1. The zero-order valence-electron chi connectivity index (χ0n) is 11.5. The molecular weight excluding hydrogens is 256 g/mol. The number of hydrogen-bond acceptors (Lipinski definition) is 5. The second kappa shape index (κ2) is 5.85. The minimum absolute atomic E-state index is 0.182. The van der Waals surface area contributed by atoms with E-state index < -0.39 is 6.10 Å². The van der Waals surface area contributed by atoms with Crippen molar-refractivity contribution >= 4 is 22.5 Å². The van der Waals surface area contributed by atoms with Crippen molar-refractivity contribution in [2.24, 2.45) is 5.84 Å². The Kier molecular flexibility index (Phi) is 4.16. The Morgan fingerprint density at radius 1 is 1.45 bits per heavy atom. The quantitative estimate of drug-likeness (QED) is 0.571. The van der Waals surface area contributed by atoms with Crippen molar-refractivity contribution in [3.8, 4) is 0 Å². The lowest BCUT2D eigenvalue weighted by molar-refractivity contribution is 0.0705. The number of amides is 1. The van der Waals surface area contributed by atoms with Crippen LogP contribution in [0.5, 0.6) is 0 Å².